The second kappa shape index (κ2) is 122. The first-order valence-corrected chi connectivity index (χ1v) is 10.2. The van der Waals surface area contributed by atoms with E-state index in [1.54, 1.807) is 0 Å². The van der Waals surface area contributed by atoms with Crippen LogP contribution in [0.25, 0.3) is 0 Å². The molecule has 0 aliphatic carbocycles. The third-order valence-electron chi connectivity index (χ3n) is 0. The van der Waals surface area contributed by atoms with Crippen molar-refractivity contribution < 1.29 is 83.9 Å². The van der Waals surface area contributed by atoms with Crippen molar-refractivity contribution in [1.29, 1.82) is 0 Å². The lowest BCUT2D eigenvalue weighted by atomic mass is 14.0. The molecular formula is H48F6N12O12P6. The summed E-state index contributed by atoms with van der Waals surface area (Å²) in [7, 11) is -18.7. The van der Waals surface area contributed by atoms with Crippen molar-refractivity contribution in [2.45, 2.75) is 0 Å². The maximum atomic E-state index is 10.2. The summed E-state index contributed by atoms with van der Waals surface area (Å²) < 4.78 is 61.1. The maximum Gasteiger partial charge on any atom is 0.369 e. The smallest absolute Gasteiger partial charge is 0.344 e. The van der Waals surface area contributed by atoms with Gasteiger partial charge in [-0.15, -0.1) is 0 Å². The number of hydrogen-bond acceptors (Lipinski definition) is 24. The normalized spacial score (nSPS) is 6.00. The van der Waals surface area contributed by atoms with E-state index in [2.05, 4.69) is 0 Å². The number of rotatable bonds is 0. The molecule has 0 saturated carbocycles. The minimum absolute atomic E-state index is 0. The van der Waals surface area contributed by atoms with Crippen LogP contribution >= 0.6 is 52.1 Å². The van der Waals surface area contributed by atoms with Gasteiger partial charge in [-0.1, -0.05) is 0 Å². The van der Waals surface area contributed by atoms with Gasteiger partial charge in [0.2, 0.25) is 0 Å². The van der Waals surface area contributed by atoms with E-state index in [4.69, 9.17) is 58.7 Å². The Bertz CT molecular complexity index is 144. The molecule has 0 spiro atoms. The van der Waals surface area contributed by atoms with Crippen molar-refractivity contribution in [3.8, 4) is 0 Å². The van der Waals surface area contributed by atoms with Gasteiger partial charge in [0.05, 0.1) is 0 Å². The van der Waals surface area contributed by atoms with Gasteiger partial charge in [-0.3, -0.25) is 0 Å². The second-order valence-corrected chi connectivity index (χ2v) is 4.33. The third kappa shape index (κ3) is 28600. The van der Waals surface area contributed by atoms with Crippen LogP contribution in [0.2, 0.25) is 0 Å². The molecule has 0 aromatic heterocycles. The molecule has 36 heavy (non-hydrogen) atoms. The van der Waals surface area contributed by atoms with Crippen molar-refractivity contribution >= 4 is 52.1 Å². The van der Waals surface area contributed by atoms with Crippen LogP contribution in [0.15, 0.2) is 0 Å². The average Bonchev–Trinajstić information content (AvgIpc) is 2.08. The van der Waals surface area contributed by atoms with Crippen molar-refractivity contribution in [3.63, 3.8) is 0 Å². The summed E-state index contributed by atoms with van der Waals surface area (Å²) >= 11 is 0. The molecule has 0 heterocycles. The van der Waals surface area contributed by atoms with Crippen molar-refractivity contribution in [2.24, 2.45) is 0 Å². The topological polar surface area (TPSA) is 663 Å². The monoisotopic (exact) mass is 708 g/mol. The minimum Gasteiger partial charge on any atom is -0.344 e. The summed E-state index contributed by atoms with van der Waals surface area (Å²) in [5, 5.41) is 0. The van der Waals surface area contributed by atoms with Crippen LogP contribution in [0.5, 0.6) is 0 Å². The highest BCUT2D eigenvalue weighted by atomic mass is 31.2. The average molecular weight is 708 g/mol. The van der Waals surface area contributed by atoms with Gasteiger partial charge in [0.15, 0.2) is 0 Å². The zero-order valence-corrected chi connectivity index (χ0v) is 24.2. The largest absolute Gasteiger partial charge is 0.369 e. The lowest BCUT2D eigenvalue weighted by Gasteiger charge is -1.71. The Labute approximate surface area is 210 Å². The Morgan fingerprint density at radius 1 is 0.194 bits per heavy atom. The molecule has 0 amide bonds. The van der Waals surface area contributed by atoms with Crippen LogP contribution in [-0.4, -0.2) is 58.7 Å². The summed E-state index contributed by atoms with van der Waals surface area (Å²) in [6.07, 6.45) is 0. The minimum atomic E-state index is -3.12. The molecule has 0 aliphatic rings. The SMILES string of the molecule is N.N.N.N.N.N.N.N.N.N.N.N.OP(O)F.OP(O)F.OP(O)F.OP(O)F.OP(O)F.OP(O)F. The van der Waals surface area contributed by atoms with Crippen molar-refractivity contribution in [2.75, 3.05) is 0 Å². The van der Waals surface area contributed by atoms with Crippen LogP contribution in [0, 0.1) is 0 Å². The number of halogens is 6. The molecule has 0 aromatic carbocycles. The van der Waals surface area contributed by atoms with Gasteiger partial charge in [-0.25, -0.2) is 0 Å². The molecule has 36 heteroatoms. The first kappa shape index (κ1) is 132. The first-order valence-electron chi connectivity index (χ1n) is 3.41. The van der Waals surface area contributed by atoms with Gasteiger partial charge < -0.3 is 133 Å². The van der Waals surface area contributed by atoms with E-state index in [-0.39, 0.29) is 73.8 Å². The standard InChI is InChI=1S/6FH2O2P.12H3N/c6*1-4(2)3;;;;;;;;;;;;/h6*2-3H;12*1H3. The van der Waals surface area contributed by atoms with Gasteiger partial charge in [0.25, 0.3) is 0 Å². The molecule has 252 valence electrons. The summed E-state index contributed by atoms with van der Waals surface area (Å²) in [4.78, 5) is 84.1. The van der Waals surface area contributed by atoms with Crippen molar-refractivity contribution in [3.05, 3.63) is 0 Å². The van der Waals surface area contributed by atoms with Gasteiger partial charge >= 0.3 is 52.1 Å². The lowest BCUT2D eigenvalue weighted by Crippen LogP contribution is -1.43. The van der Waals surface area contributed by atoms with Gasteiger partial charge in [0, 0.05) is 0 Å². The van der Waals surface area contributed by atoms with Crippen molar-refractivity contribution in [1.82, 2.24) is 73.8 Å². The zero-order chi connectivity index (χ0) is 21.5. The molecule has 0 saturated heterocycles. The highest BCUT2D eigenvalue weighted by molar-refractivity contribution is 7.39. The number of hydrogen-bond donors (Lipinski definition) is 24. The van der Waals surface area contributed by atoms with E-state index in [0.29, 0.717) is 0 Å². The van der Waals surface area contributed by atoms with Gasteiger partial charge in [-0.2, -0.15) is 25.2 Å². The fourth-order valence-corrected chi connectivity index (χ4v) is 0. The molecule has 0 unspecified atom stereocenters. The van der Waals surface area contributed by atoms with Crippen LogP contribution in [-0.2, 0) is 0 Å². The van der Waals surface area contributed by atoms with Crippen LogP contribution in [0.3, 0.4) is 0 Å². The fourth-order valence-electron chi connectivity index (χ4n) is 0. The first-order chi connectivity index (χ1) is 10.4. The molecule has 0 fully saturated rings. The molecule has 0 bridgehead atoms. The van der Waals surface area contributed by atoms with E-state index in [1.165, 1.54) is 0 Å². The van der Waals surface area contributed by atoms with Gasteiger partial charge in [0.1, 0.15) is 0 Å². The van der Waals surface area contributed by atoms with Crippen LogP contribution in [0.4, 0.5) is 25.2 Å². The van der Waals surface area contributed by atoms with Gasteiger partial charge in [-0.05, 0) is 0 Å². The Balaban J connectivity index is -0.00000000633. The summed E-state index contributed by atoms with van der Waals surface area (Å²) in [5.74, 6) is 0. The molecule has 24 nitrogen and oxygen atoms in total. The molecular weight excluding hydrogens is 660 g/mol. The molecule has 0 rings (SSSR count). The van der Waals surface area contributed by atoms with E-state index >= 15 is 0 Å². The highest BCUT2D eigenvalue weighted by Crippen LogP contribution is 2.23. The molecule has 48 N–H and O–H groups in total. The molecule has 0 aliphatic heterocycles. The predicted octanol–water partition coefficient (Wildman–Crippen LogP) is 2.95. The maximum absolute atomic E-state index is 10.2. The fraction of sp³-hybridized carbons (Fsp3) is 0. The van der Waals surface area contributed by atoms with E-state index in [0.717, 1.165) is 0 Å². The zero-order valence-electron chi connectivity index (χ0n) is 18.8. The predicted molar refractivity (Wildman–Crippen MR) is 135 cm³/mol. The summed E-state index contributed by atoms with van der Waals surface area (Å²) in [6, 6.07) is 0. The Kier molecular flexibility index (Phi) is 447. The molecule has 0 radical (unpaired) electrons. The third-order valence-corrected chi connectivity index (χ3v) is 0. The quantitative estimate of drug-likeness (QED) is 0.127. The lowest BCUT2D eigenvalue weighted by molar-refractivity contribution is 0.426. The van der Waals surface area contributed by atoms with E-state index in [1.807, 2.05) is 0 Å². The summed E-state index contributed by atoms with van der Waals surface area (Å²) in [5.41, 5.74) is 0. The van der Waals surface area contributed by atoms with E-state index < -0.39 is 52.1 Å². The Hall–Kier alpha value is 1.20. The summed E-state index contributed by atoms with van der Waals surface area (Å²) in [6.45, 7) is 0. The van der Waals surface area contributed by atoms with Crippen LogP contribution < -0.4 is 73.8 Å². The van der Waals surface area contributed by atoms with Crippen LogP contribution in [0.1, 0.15) is 0 Å². The van der Waals surface area contributed by atoms with E-state index in [9.17, 15) is 25.2 Å². The Morgan fingerprint density at radius 3 is 0.194 bits per heavy atom. The second-order valence-electron chi connectivity index (χ2n) is 1.44. The molecule has 0 atom stereocenters. The Morgan fingerprint density at radius 2 is 0.194 bits per heavy atom. The molecule has 0 aromatic rings. The highest BCUT2D eigenvalue weighted by Gasteiger charge is 1.83.